The number of halogens is 3. The number of rotatable bonds is 3. The van der Waals surface area contributed by atoms with E-state index in [0.717, 1.165) is 11.0 Å². The van der Waals surface area contributed by atoms with Crippen LogP contribution in [0.5, 0.6) is 0 Å². The first-order chi connectivity index (χ1) is 10.9. The van der Waals surface area contributed by atoms with Crippen LogP contribution < -0.4 is 4.72 Å². The summed E-state index contributed by atoms with van der Waals surface area (Å²) in [7, 11) is -4.11. The van der Waals surface area contributed by atoms with Gasteiger partial charge in [0.1, 0.15) is 10.7 Å². The number of sulfonamides is 1. The van der Waals surface area contributed by atoms with E-state index in [2.05, 4.69) is 4.72 Å². The van der Waals surface area contributed by atoms with Crippen LogP contribution in [0.2, 0.25) is 5.02 Å². The summed E-state index contributed by atoms with van der Waals surface area (Å²) in [5.41, 5.74) is 0.562. The van der Waals surface area contributed by atoms with E-state index in [9.17, 15) is 17.2 Å². The number of nitrogens with one attached hydrogen (secondary N) is 1. The molecule has 1 atom stereocenters. The molecular formula is C15H12ClF2NO2S2. The maximum Gasteiger partial charge on any atom is 0.244 e. The van der Waals surface area contributed by atoms with Crippen LogP contribution in [0.15, 0.2) is 46.2 Å². The molecule has 1 heterocycles. The minimum atomic E-state index is -4.11. The summed E-state index contributed by atoms with van der Waals surface area (Å²) in [6.07, 6.45) is 0.489. The fraction of sp³-hybridized carbons (Fsp3) is 0.200. The third-order valence-electron chi connectivity index (χ3n) is 3.51. The van der Waals surface area contributed by atoms with Gasteiger partial charge < -0.3 is 0 Å². The fourth-order valence-corrected chi connectivity index (χ4v) is 5.12. The Balaban J connectivity index is 1.96. The highest BCUT2D eigenvalue weighted by molar-refractivity contribution is 7.99. The largest absolute Gasteiger partial charge is 0.244 e. The van der Waals surface area contributed by atoms with Crippen molar-refractivity contribution in [2.24, 2.45) is 0 Å². The molecule has 0 spiro atoms. The van der Waals surface area contributed by atoms with Gasteiger partial charge in [-0.15, -0.1) is 11.8 Å². The van der Waals surface area contributed by atoms with E-state index < -0.39 is 32.6 Å². The molecule has 0 saturated carbocycles. The first-order valence-electron chi connectivity index (χ1n) is 6.77. The highest BCUT2D eigenvalue weighted by atomic mass is 35.5. The van der Waals surface area contributed by atoms with Gasteiger partial charge in [-0.2, -0.15) is 0 Å². The molecule has 2 aromatic carbocycles. The van der Waals surface area contributed by atoms with Crippen LogP contribution in [0.3, 0.4) is 0 Å². The normalized spacial score (nSPS) is 17.8. The maximum absolute atomic E-state index is 14.0. The summed E-state index contributed by atoms with van der Waals surface area (Å²) in [6, 6.07) is 7.44. The summed E-state index contributed by atoms with van der Waals surface area (Å²) in [5.74, 6) is -0.750. The summed E-state index contributed by atoms with van der Waals surface area (Å²) in [6.45, 7) is 0. The Labute approximate surface area is 142 Å². The Morgan fingerprint density at radius 2 is 2.00 bits per heavy atom. The van der Waals surface area contributed by atoms with E-state index in [0.29, 0.717) is 17.7 Å². The van der Waals surface area contributed by atoms with Crippen molar-refractivity contribution in [1.82, 2.24) is 4.72 Å². The number of hydrogen-bond acceptors (Lipinski definition) is 3. The van der Waals surface area contributed by atoms with Crippen LogP contribution in [0.1, 0.15) is 18.0 Å². The van der Waals surface area contributed by atoms with Gasteiger partial charge in [0.2, 0.25) is 10.0 Å². The third-order valence-corrected chi connectivity index (χ3v) is 6.42. The van der Waals surface area contributed by atoms with Gasteiger partial charge in [-0.3, -0.25) is 0 Å². The number of thioether (sulfide) groups is 1. The highest BCUT2D eigenvalue weighted by Crippen LogP contribution is 2.37. The van der Waals surface area contributed by atoms with Crippen molar-refractivity contribution >= 4 is 33.4 Å². The predicted molar refractivity (Wildman–Crippen MR) is 86.2 cm³/mol. The second kappa shape index (κ2) is 6.39. The molecule has 0 radical (unpaired) electrons. The monoisotopic (exact) mass is 375 g/mol. The Bertz CT molecular complexity index is 859. The minimum Gasteiger partial charge on any atom is -0.207 e. The van der Waals surface area contributed by atoms with Crippen molar-refractivity contribution in [2.75, 3.05) is 5.75 Å². The van der Waals surface area contributed by atoms with Gasteiger partial charge >= 0.3 is 0 Å². The number of fused-ring (bicyclic) bond motifs is 1. The molecule has 23 heavy (non-hydrogen) atoms. The standard InChI is InChI=1S/C15H12ClF2NO2S2/c16-11-2-1-3-14(15(11)18)23(20,21)19-12-6-7-22-13-5-4-9(17)8-10(12)13/h1-5,8,12,19H,6-7H2. The lowest BCUT2D eigenvalue weighted by Gasteiger charge is -2.26. The molecule has 1 aliphatic rings. The molecule has 0 bridgehead atoms. The molecule has 0 aliphatic carbocycles. The molecular weight excluding hydrogens is 364 g/mol. The van der Waals surface area contributed by atoms with Crippen molar-refractivity contribution < 1.29 is 17.2 Å². The molecule has 2 aromatic rings. The predicted octanol–water partition coefficient (Wildman–Crippen LogP) is 4.13. The summed E-state index contributed by atoms with van der Waals surface area (Å²) < 4.78 is 54.8. The molecule has 0 fully saturated rings. The minimum absolute atomic E-state index is 0.265. The lowest BCUT2D eigenvalue weighted by molar-refractivity contribution is 0.529. The first kappa shape index (κ1) is 16.7. The van der Waals surface area contributed by atoms with Gasteiger partial charge in [0, 0.05) is 10.9 Å². The van der Waals surface area contributed by atoms with Gasteiger partial charge in [0.15, 0.2) is 5.82 Å². The second-order valence-electron chi connectivity index (χ2n) is 5.05. The molecule has 3 nitrogen and oxygen atoms in total. The lowest BCUT2D eigenvalue weighted by Crippen LogP contribution is -2.31. The van der Waals surface area contributed by atoms with Gasteiger partial charge in [-0.1, -0.05) is 17.7 Å². The molecule has 3 rings (SSSR count). The average Bonchev–Trinajstić information content (AvgIpc) is 2.50. The zero-order valence-electron chi connectivity index (χ0n) is 11.7. The van der Waals surface area contributed by atoms with Crippen LogP contribution in [-0.4, -0.2) is 14.2 Å². The van der Waals surface area contributed by atoms with Crippen LogP contribution >= 0.6 is 23.4 Å². The van der Waals surface area contributed by atoms with E-state index in [-0.39, 0.29) is 5.02 Å². The van der Waals surface area contributed by atoms with Gasteiger partial charge in [0.25, 0.3) is 0 Å². The zero-order chi connectivity index (χ0) is 16.6. The third kappa shape index (κ3) is 3.38. The molecule has 8 heteroatoms. The Kier molecular flexibility index (Phi) is 4.64. The van der Waals surface area contributed by atoms with E-state index in [1.165, 1.54) is 36.0 Å². The Hall–Kier alpha value is -1.15. The van der Waals surface area contributed by atoms with Gasteiger partial charge in [-0.05, 0) is 48.1 Å². The van der Waals surface area contributed by atoms with E-state index in [1.54, 1.807) is 6.07 Å². The summed E-state index contributed by atoms with van der Waals surface area (Å²) in [4.78, 5) is 0.304. The molecule has 0 aromatic heterocycles. The van der Waals surface area contributed by atoms with Crippen molar-refractivity contribution in [2.45, 2.75) is 22.3 Å². The quantitative estimate of drug-likeness (QED) is 0.877. The first-order valence-corrected chi connectivity index (χ1v) is 9.62. The van der Waals surface area contributed by atoms with Crippen LogP contribution in [0.25, 0.3) is 0 Å². The van der Waals surface area contributed by atoms with E-state index >= 15 is 0 Å². The van der Waals surface area contributed by atoms with Crippen molar-refractivity contribution in [3.63, 3.8) is 0 Å². The van der Waals surface area contributed by atoms with Crippen molar-refractivity contribution in [3.8, 4) is 0 Å². The van der Waals surface area contributed by atoms with Gasteiger partial charge in [0.05, 0.1) is 5.02 Å². The number of hydrogen-bond donors (Lipinski definition) is 1. The Morgan fingerprint density at radius 1 is 1.22 bits per heavy atom. The van der Waals surface area contributed by atoms with Crippen LogP contribution in [-0.2, 0) is 10.0 Å². The summed E-state index contributed by atoms with van der Waals surface area (Å²) in [5, 5.41) is -0.265. The average molecular weight is 376 g/mol. The molecule has 0 saturated heterocycles. The zero-order valence-corrected chi connectivity index (χ0v) is 14.1. The van der Waals surface area contributed by atoms with Crippen LogP contribution in [0, 0.1) is 11.6 Å². The summed E-state index contributed by atoms with van der Waals surface area (Å²) >= 11 is 7.18. The molecule has 1 unspecified atom stereocenters. The highest BCUT2D eigenvalue weighted by Gasteiger charge is 2.28. The van der Waals surface area contributed by atoms with Gasteiger partial charge in [-0.25, -0.2) is 21.9 Å². The fourth-order valence-electron chi connectivity index (χ4n) is 2.43. The second-order valence-corrected chi connectivity index (χ2v) is 8.27. The van der Waals surface area contributed by atoms with Crippen molar-refractivity contribution in [1.29, 1.82) is 0 Å². The van der Waals surface area contributed by atoms with Crippen LogP contribution in [0.4, 0.5) is 8.78 Å². The Morgan fingerprint density at radius 3 is 2.78 bits per heavy atom. The van der Waals surface area contributed by atoms with Crippen molar-refractivity contribution in [3.05, 3.63) is 58.6 Å². The molecule has 0 amide bonds. The SMILES string of the molecule is O=S(=O)(NC1CCSc2ccc(F)cc21)c1cccc(Cl)c1F. The molecule has 1 aliphatic heterocycles. The van der Waals surface area contributed by atoms with E-state index in [1.807, 2.05) is 0 Å². The maximum atomic E-state index is 14.0. The van der Waals surface area contributed by atoms with E-state index in [4.69, 9.17) is 11.6 Å². The smallest absolute Gasteiger partial charge is 0.207 e. The molecule has 1 N–H and O–H groups in total. The topological polar surface area (TPSA) is 46.2 Å². The number of benzene rings is 2. The lowest BCUT2D eigenvalue weighted by atomic mass is 10.0. The molecule has 122 valence electrons.